The molecular formula is C23H27ClN2O3. The number of ketones is 1. The minimum atomic E-state index is -0.291. The third-order valence-electron chi connectivity index (χ3n) is 5.72. The Hall–Kier alpha value is -1.76. The van der Waals surface area contributed by atoms with Crippen molar-refractivity contribution in [1.29, 1.82) is 0 Å². The number of rotatable bonds is 6. The first kappa shape index (κ1) is 20.5. The second kappa shape index (κ2) is 9.83. The van der Waals surface area contributed by atoms with Gasteiger partial charge in [-0.05, 0) is 17.7 Å². The average Bonchev–Trinajstić information content (AvgIpc) is 2.79. The molecule has 2 aromatic rings. The summed E-state index contributed by atoms with van der Waals surface area (Å²) >= 11 is 6.16. The van der Waals surface area contributed by atoms with Crippen LogP contribution in [0.15, 0.2) is 54.6 Å². The fourth-order valence-electron chi connectivity index (χ4n) is 4.25. The number of morpholine rings is 2. The van der Waals surface area contributed by atoms with Gasteiger partial charge in [0.1, 0.15) is 0 Å². The van der Waals surface area contributed by atoms with Gasteiger partial charge in [-0.1, -0.05) is 54.1 Å². The molecule has 2 heterocycles. The summed E-state index contributed by atoms with van der Waals surface area (Å²) in [7, 11) is 0. The molecule has 0 bridgehead atoms. The van der Waals surface area contributed by atoms with E-state index < -0.39 is 0 Å². The molecule has 4 rings (SSSR count). The van der Waals surface area contributed by atoms with Crippen molar-refractivity contribution in [3.63, 3.8) is 0 Å². The molecule has 0 N–H and O–H groups in total. The molecule has 5 nitrogen and oxygen atoms in total. The Balaban J connectivity index is 1.75. The van der Waals surface area contributed by atoms with Crippen LogP contribution in [0.3, 0.4) is 0 Å². The van der Waals surface area contributed by atoms with Gasteiger partial charge in [0.2, 0.25) is 0 Å². The van der Waals surface area contributed by atoms with Crippen molar-refractivity contribution >= 4 is 17.4 Å². The molecule has 0 spiro atoms. The van der Waals surface area contributed by atoms with Gasteiger partial charge < -0.3 is 9.47 Å². The van der Waals surface area contributed by atoms with E-state index in [2.05, 4.69) is 9.80 Å². The summed E-state index contributed by atoms with van der Waals surface area (Å²) in [4.78, 5) is 18.5. The van der Waals surface area contributed by atoms with Crippen LogP contribution in [0.2, 0.25) is 5.02 Å². The topological polar surface area (TPSA) is 42.0 Å². The smallest absolute Gasteiger partial charge is 0.181 e. The molecule has 0 aromatic heterocycles. The second-order valence-corrected chi connectivity index (χ2v) is 7.90. The van der Waals surface area contributed by atoms with Crippen LogP contribution >= 0.6 is 11.6 Å². The summed E-state index contributed by atoms with van der Waals surface area (Å²) in [5, 5.41) is 0.701. The van der Waals surface area contributed by atoms with Crippen molar-refractivity contribution in [1.82, 2.24) is 9.80 Å². The number of ether oxygens (including phenoxy) is 2. The van der Waals surface area contributed by atoms with Crippen LogP contribution in [0.5, 0.6) is 0 Å². The molecule has 2 aliphatic heterocycles. The van der Waals surface area contributed by atoms with Crippen molar-refractivity contribution in [2.45, 2.75) is 12.1 Å². The maximum Gasteiger partial charge on any atom is 0.181 e. The summed E-state index contributed by atoms with van der Waals surface area (Å²) in [6.07, 6.45) is 0. The van der Waals surface area contributed by atoms with Crippen LogP contribution in [-0.4, -0.2) is 74.2 Å². The standard InChI is InChI=1S/C23H27ClN2O3/c24-20-8-6-18(7-9-20)21(25-10-14-28-15-11-25)22(26-12-16-29-17-13-26)23(27)19-4-2-1-3-5-19/h1-9,21-22H,10-17H2. The molecule has 0 aliphatic carbocycles. The summed E-state index contributed by atoms with van der Waals surface area (Å²) in [6, 6.07) is 17.2. The normalized spacial score (nSPS) is 20.9. The Bertz CT molecular complexity index is 788. The van der Waals surface area contributed by atoms with E-state index >= 15 is 0 Å². The highest BCUT2D eigenvalue weighted by Crippen LogP contribution is 2.32. The maximum absolute atomic E-state index is 13.8. The number of halogens is 1. The molecule has 154 valence electrons. The molecule has 2 fully saturated rings. The fraction of sp³-hybridized carbons (Fsp3) is 0.435. The Morgan fingerprint density at radius 2 is 1.34 bits per heavy atom. The minimum absolute atomic E-state index is 0.0676. The molecule has 2 aliphatic rings. The van der Waals surface area contributed by atoms with E-state index in [1.807, 2.05) is 54.6 Å². The van der Waals surface area contributed by atoms with Gasteiger partial charge in [0.25, 0.3) is 0 Å². The number of carbonyl (C=O) groups excluding carboxylic acids is 1. The molecule has 2 atom stereocenters. The molecule has 2 saturated heterocycles. The quantitative estimate of drug-likeness (QED) is 0.678. The van der Waals surface area contributed by atoms with Crippen LogP contribution < -0.4 is 0 Å². The highest BCUT2D eigenvalue weighted by molar-refractivity contribution is 6.30. The minimum Gasteiger partial charge on any atom is -0.379 e. The lowest BCUT2D eigenvalue weighted by atomic mass is 9.89. The van der Waals surface area contributed by atoms with E-state index in [-0.39, 0.29) is 17.9 Å². The van der Waals surface area contributed by atoms with Crippen molar-refractivity contribution in [3.05, 3.63) is 70.7 Å². The monoisotopic (exact) mass is 414 g/mol. The van der Waals surface area contributed by atoms with Gasteiger partial charge in [0.05, 0.1) is 38.5 Å². The Kier molecular flexibility index (Phi) is 6.95. The molecule has 0 amide bonds. The highest BCUT2D eigenvalue weighted by Gasteiger charge is 2.39. The molecular weight excluding hydrogens is 388 g/mol. The van der Waals surface area contributed by atoms with E-state index in [1.54, 1.807) is 0 Å². The summed E-state index contributed by atoms with van der Waals surface area (Å²) in [5.41, 5.74) is 1.85. The van der Waals surface area contributed by atoms with Gasteiger partial charge in [0, 0.05) is 36.8 Å². The zero-order valence-corrected chi connectivity index (χ0v) is 17.3. The van der Waals surface area contributed by atoms with Crippen LogP contribution in [0.25, 0.3) is 0 Å². The van der Waals surface area contributed by atoms with E-state index in [4.69, 9.17) is 21.1 Å². The Labute approximate surface area is 177 Å². The molecule has 2 unspecified atom stereocenters. The number of benzene rings is 2. The van der Waals surface area contributed by atoms with Crippen LogP contribution in [0.4, 0.5) is 0 Å². The van der Waals surface area contributed by atoms with Gasteiger partial charge in [0.15, 0.2) is 5.78 Å². The van der Waals surface area contributed by atoms with E-state index in [9.17, 15) is 4.79 Å². The van der Waals surface area contributed by atoms with E-state index in [0.717, 1.165) is 37.3 Å². The van der Waals surface area contributed by atoms with Gasteiger partial charge in [-0.15, -0.1) is 0 Å². The van der Waals surface area contributed by atoms with Crippen molar-refractivity contribution in [2.75, 3.05) is 52.6 Å². The number of nitrogens with zero attached hydrogens (tertiary/aromatic N) is 2. The molecule has 6 heteroatoms. The van der Waals surface area contributed by atoms with Gasteiger partial charge in [-0.2, -0.15) is 0 Å². The lowest BCUT2D eigenvalue weighted by molar-refractivity contribution is -0.0301. The van der Waals surface area contributed by atoms with E-state index in [1.165, 1.54) is 0 Å². The third kappa shape index (κ3) is 4.87. The lowest BCUT2D eigenvalue weighted by Crippen LogP contribution is -2.55. The van der Waals surface area contributed by atoms with Crippen molar-refractivity contribution in [3.8, 4) is 0 Å². The van der Waals surface area contributed by atoms with Gasteiger partial charge in [-0.25, -0.2) is 0 Å². The summed E-state index contributed by atoms with van der Waals surface area (Å²) < 4.78 is 11.2. The molecule has 0 saturated carbocycles. The van der Waals surface area contributed by atoms with Crippen LogP contribution in [0, 0.1) is 0 Å². The van der Waals surface area contributed by atoms with E-state index in [0.29, 0.717) is 31.5 Å². The molecule has 0 radical (unpaired) electrons. The zero-order chi connectivity index (χ0) is 20.1. The predicted octanol–water partition coefficient (Wildman–Crippen LogP) is 3.30. The predicted molar refractivity (Wildman–Crippen MR) is 114 cm³/mol. The number of hydrogen-bond acceptors (Lipinski definition) is 5. The van der Waals surface area contributed by atoms with Crippen molar-refractivity contribution in [2.24, 2.45) is 0 Å². The number of hydrogen-bond donors (Lipinski definition) is 0. The summed E-state index contributed by atoms with van der Waals surface area (Å²) in [6.45, 7) is 5.75. The van der Waals surface area contributed by atoms with Crippen LogP contribution in [-0.2, 0) is 9.47 Å². The molecule has 29 heavy (non-hydrogen) atoms. The first-order valence-electron chi connectivity index (χ1n) is 10.2. The lowest BCUT2D eigenvalue weighted by Gasteiger charge is -2.44. The second-order valence-electron chi connectivity index (χ2n) is 7.47. The average molecular weight is 415 g/mol. The zero-order valence-electron chi connectivity index (χ0n) is 16.5. The summed E-state index contributed by atoms with van der Waals surface area (Å²) in [5.74, 6) is 0.152. The fourth-order valence-corrected chi connectivity index (χ4v) is 4.37. The highest BCUT2D eigenvalue weighted by atomic mass is 35.5. The molecule has 2 aromatic carbocycles. The SMILES string of the molecule is O=C(c1ccccc1)C(C(c1ccc(Cl)cc1)N1CCOCC1)N1CCOCC1. The Morgan fingerprint density at radius 3 is 1.93 bits per heavy atom. The number of Topliss-reactive ketones (excluding diaryl/α,β-unsaturated/α-hetero) is 1. The Morgan fingerprint density at radius 1 is 0.793 bits per heavy atom. The maximum atomic E-state index is 13.8. The first-order valence-corrected chi connectivity index (χ1v) is 10.6. The first-order chi connectivity index (χ1) is 14.2. The van der Waals surface area contributed by atoms with Crippen LogP contribution in [0.1, 0.15) is 22.0 Å². The largest absolute Gasteiger partial charge is 0.379 e. The number of carbonyl (C=O) groups is 1. The third-order valence-corrected chi connectivity index (χ3v) is 5.97. The van der Waals surface area contributed by atoms with Crippen molar-refractivity contribution < 1.29 is 14.3 Å². The van der Waals surface area contributed by atoms with Gasteiger partial charge in [-0.3, -0.25) is 14.6 Å². The van der Waals surface area contributed by atoms with Gasteiger partial charge >= 0.3 is 0 Å².